The lowest BCUT2D eigenvalue weighted by Gasteiger charge is -2.07. The van der Waals surface area contributed by atoms with Crippen molar-refractivity contribution in [3.05, 3.63) is 82.9 Å². The quantitative estimate of drug-likeness (QED) is 0.372. The van der Waals surface area contributed by atoms with Crippen LogP contribution < -0.4 is 5.32 Å². The van der Waals surface area contributed by atoms with Crippen molar-refractivity contribution in [1.82, 2.24) is 4.98 Å². The van der Waals surface area contributed by atoms with Crippen LogP contribution in [0.3, 0.4) is 0 Å². The summed E-state index contributed by atoms with van der Waals surface area (Å²) in [4.78, 5) is 16.9. The molecule has 1 aromatic heterocycles. The average Bonchev–Trinajstić information content (AvgIpc) is 3.18. The molecule has 0 saturated carbocycles. The molecule has 1 N–H and O–H groups in total. The SMILES string of the molecule is CC[C@H](C)c1ccc2oc(-c3ccc(NC(=O)Cc4ccc(Cl)cc4)cc3)nc2c1. The molecule has 0 radical (unpaired) electrons. The van der Waals surface area contributed by atoms with E-state index in [1.807, 2.05) is 42.5 Å². The van der Waals surface area contributed by atoms with Crippen molar-refractivity contribution < 1.29 is 9.21 Å². The topological polar surface area (TPSA) is 55.1 Å². The largest absolute Gasteiger partial charge is 0.436 e. The van der Waals surface area contributed by atoms with Gasteiger partial charge >= 0.3 is 0 Å². The summed E-state index contributed by atoms with van der Waals surface area (Å²) in [5.74, 6) is 0.986. The molecule has 4 aromatic rings. The van der Waals surface area contributed by atoms with E-state index < -0.39 is 0 Å². The zero-order valence-electron chi connectivity index (χ0n) is 17.0. The number of hydrogen-bond donors (Lipinski definition) is 1. The number of oxazole rings is 1. The van der Waals surface area contributed by atoms with Crippen molar-refractivity contribution in [3.8, 4) is 11.5 Å². The third-order valence-corrected chi connectivity index (χ3v) is 5.54. The number of nitrogens with one attached hydrogen (secondary N) is 1. The zero-order valence-corrected chi connectivity index (χ0v) is 17.7. The summed E-state index contributed by atoms with van der Waals surface area (Å²) in [5.41, 5.74) is 5.42. The first kappa shape index (κ1) is 20.2. The minimum atomic E-state index is -0.0792. The van der Waals surface area contributed by atoms with Gasteiger partial charge in [-0.15, -0.1) is 0 Å². The highest BCUT2D eigenvalue weighted by Crippen LogP contribution is 2.28. The van der Waals surface area contributed by atoms with Gasteiger partial charge in [-0.1, -0.05) is 43.6 Å². The number of rotatable bonds is 6. The highest BCUT2D eigenvalue weighted by atomic mass is 35.5. The lowest BCUT2D eigenvalue weighted by molar-refractivity contribution is -0.115. The molecule has 0 fully saturated rings. The number of carbonyl (C=O) groups excluding carboxylic acids is 1. The van der Waals surface area contributed by atoms with Crippen molar-refractivity contribution >= 4 is 34.3 Å². The van der Waals surface area contributed by atoms with E-state index in [0.717, 1.165) is 34.3 Å². The smallest absolute Gasteiger partial charge is 0.228 e. The molecular weight excluding hydrogens is 396 g/mol. The Balaban J connectivity index is 1.46. The number of carbonyl (C=O) groups is 1. The third kappa shape index (κ3) is 4.55. The Morgan fingerprint density at radius 2 is 1.80 bits per heavy atom. The van der Waals surface area contributed by atoms with Crippen molar-refractivity contribution in [1.29, 1.82) is 0 Å². The van der Waals surface area contributed by atoms with E-state index >= 15 is 0 Å². The van der Waals surface area contributed by atoms with Gasteiger partial charge in [0.25, 0.3) is 0 Å². The van der Waals surface area contributed by atoms with Crippen LogP contribution in [0.1, 0.15) is 37.3 Å². The van der Waals surface area contributed by atoms with Crippen LogP contribution in [0.15, 0.2) is 71.1 Å². The van der Waals surface area contributed by atoms with E-state index in [0.29, 0.717) is 23.3 Å². The van der Waals surface area contributed by atoms with Gasteiger partial charge in [-0.05, 0) is 72.0 Å². The Bertz CT molecular complexity index is 1160. The first-order valence-corrected chi connectivity index (χ1v) is 10.4. The van der Waals surface area contributed by atoms with Gasteiger partial charge in [0.2, 0.25) is 11.8 Å². The molecule has 0 bridgehead atoms. The maximum Gasteiger partial charge on any atom is 0.228 e. The van der Waals surface area contributed by atoms with Crippen LogP contribution in [0.2, 0.25) is 5.02 Å². The van der Waals surface area contributed by atoms with E-state index in [1.165, 1.54) is 5.56 Å². The Labute approximate surface area is 180 Å². The van der Waals surface area contributed by atoms with Gasteiger partial charge in [0.15, 0.2) is 5.58 Å². The lowest BCUT2D eigenvalue weighted by Crippen LogP contribution is -2.14. The minimum Gasteiger partial charge on any atom is -0.436 e. The number of halogens is 1. The predicted molar refractivity (Wildman–Crippen MR) is 122 cm³/mol. The van der Waals surface area contributed by atoms with Crippen LogP contribution in [0.5, 0.6) is 0 Å². The van der Waals surface area contributed by atoms with E-state index in [-0.39, 0.29) is 5.91 Å². The average molecular weight is 419 g/mol. The molecule has 0 aliphatic carbocycles. The van der Waals surface area contributed by atoms with Crippen LogP contribution in [-0.2, 0) is 11.2 Å². The van der Waals surface area contributed by atoms with Crippen molar-refractivity contribution in [3.63, 3.8) is 0 Å². The van der Waals surface area contributed by atoms with Crippen LogP contribution in [-0.4, -0.2) is 10.9 Å². The van der Waals surface area contributed by atoms with Gasteiger partial charge in [0.1, 0.15) is 5.52 Å². The highest BCUT2D eigenvalue weighted by molar-refractivity contribution is 6.30. The van der Waals surface area contributed by atoms with Crippen molar-refractivity contribution in [2.24, 2.45) is 0 Å². The Morgan fingerprint density at radius 3 is 2.50 bits per heavy atom. The summed E-state index contributed by atoms with van der Waals surface area (Å²) in [5, 5.41) is 3.57. The molecule has 1 heterocycles. The molecule has 0 aliphatic heterocycles. The number of aromatic nitrogens is 1. The standard InChI is InChI=1S/C25H23ClN2O2/c1-3-16(2)19-8-13-23-22(15-19)28-25(30-23)18-6-11-21(12-7-18)27-24(29)14-17-4-9-20(26)10-5-17/h4-13,15-16H,3,14H2,1-2H3,(H,27,29)/t16-/m0/s1. The number of hydrogen-bond acceptors (Lipinski definition) is 3. The summed E-state index contributed by atoms with van der Waals surface area (Å²) in [6.45, 7) is 4.39. The number of amides is 1. The summed E-state index contributed by atoms with van der Waals surface area (Å²) < 4.78 is 5.92. The second-order valence-corrected chi connectivity index (χ2v) is 7.92. The van der Waals surface area contributed by atoms with E-state index in [4.69, 9.17) is 16.0 Å². The molecule has 0 aliphatic rings. The van der Waals surface area contributed by atoms with Crippen LogP contribution in [0.25, 0.3) is 22.6 Å². The monoisotopic (exact) mass is 418 g/mol. The van der Waals surface area contributed by atoms with E-state index in [1.54, 1.807) is 12.1 Å². The van der Waals surface area contributed by atoms with Gasteiger partial charge in [-0.3, -0.25) is 4.79 Å². The Kier molecular flexibility index (Phi) is 5.86. The molecule has 1 amide bonds. The Hall–Kier alpha value is -3.11. The summed E-state index contributed by atoms with van der Waals surface area (Å²) in [6.07, 6.45) is 1.38. The molecule has 0 unspecified atom stereocenters. The van der Waals surface area contributed by atoms with Crippen LogP contribution in [0.4, 0.5) is 5.69 Å². The number of nitrogens with zero attached hydrogens (tertiary/aromatic N) is 1. The predicted octanol–water partition coefficient (Wildman–Crippen LogP) is 6.84. The zero-order chi connectivity index (χ0) is 21.1. The fourth-order valence-corrected chi connectivity index (χ4v) is 3.43. The van der Waals surface area contributed by atoms with Gasteiger partial charge in [0, 0.05) is 16.3 Å². The Morgan fingerprint density at radius 1 is 1.07 bits per heavy atom. The van der Waals surface area contributed by atoms with Crippen LogP contribution in [0, 0.1) is 0 Å². The normalized spacial score (nSPS) is 12.1. The van der Waals surface area contributed by atoms with Gasteiger partial charge in [-0.25, -0.2) is 4.98 Å². The molecule has 5 heteroatoms. The van der Waals surface area contributed by atoms with Gasteiger partial charge in [0.05, 0.1) is 6.42 Å². The lowest BCUT2D eigenvalue weighted by atomic mass is 9.98. The fraction of sp³-hybridized carbons (Fsp3) is 0.200. The highest BCUT2D eigenvalue weighted by Gasteiger charge is 2.11. The number of fused-ring (bicyclic) bond motifs is 1. The first-order valence-electron chi connectivity index (χ1n) is 10.1. The summed E-state index contributed by atoms with van der Waals surface area (Å²) in [7, 11) is 0. The second-order valence-electron chi connectivity index (χ2n) is 7.48. The molecule has 3 aromatic carbocycles. The summed E-state index contributed by atoms with van der Waals surface area (Å²) >= 11 is 5.88. The molecular formula is C25H23ClN2O2. The maximum absolute atomic E-state index is 12.3. The molecule has 1 atom stereocenters. The number of benzene rings is 3. The first-order chi connectivity index (χ1) is 14.5. The minimum absolute atomic E-state index is 0.0792. The number of anilines is 1. The van der Waals surface area contributed by atoms with E-state index in [2.05, 4.69) is 36.3 Å². The fourth-order valence-electron chi connectivity index (χ4n) is 3.30. The van der Waals surface area contributed by atoms with E-state index in [9.17, 15) is 4.79 Å². The van der Waals surface area contributed by atoms with Crippen LogP contribution >= 0.6 is 11.6 Å². The molecule has 152 valence electrons. The molecule has 0 saturated heterocycles. The molecule has 30 heavy (non-hydrogen) atoms. The molecule has 4 rings (SSSR count). The van der Waals surface area contributed by atoms with Crippen molar-refractivity contribution in [2.45, 2.75) is 32.6 Å². The summed E-state index contributed by atoms with van der Waals surface area (Å²) in [6, 6.07) is 21.0. The molecule has 0 spiro atoms. The molecule has 4 nitrogen and oxygen atoms in total. The second kappa shape index (κ2) is 8.72. The van der Waals surface area contributed by atoms with Crippen molar-refractivity contribution in [2.75, 3.05) is 5.32 Å². The van der Waals surface area contributed by atoms with Gasteiger partial charge in [-0.2, -0.15) is 0 Å². The third-order valence-electron chi connectivity index (χ3n) is 5.29. The van der Waals surface area contributed by atoms with Gasteiger partial charge < -0.3 is 9.73 Å². The maximum atomic E-state index is 12.3.